The van der Waals surface area contributed by atoms with Gasteiger partial charge in [0.2, 0.25) is 11.8 Å². The Hall–Kier alpha value is -1.57. The number of thioether (sulfide) groups is 1. The average Bonchev–Trinajstić information content (AvgIpc) is 3.01. The molecule has 0 radical (unpaired) electrons. The maximum Gasteiger partial charge on any atom is 0.230 e. The number of alkyl halides is 1. The summed E-state index contributed by atoms with van der Waals surface area (Å²) in [5, 5.41) is 6.18. The molecule has 0 saturated heterocycles. The van der Waals surface area contributed by atoms with Crippen LogP contribution < -0.4 is 10.6 Å². The standard InChI is InChI=1S/C16H18ClN3O2S2/c1-18-13(22)10-23-16-20-14(11-6-3-2-4-7-11)15(24-16)19-12(21)8-5-9-17/h2-4,6-7H,5,8-10H2,1H3,(H,18,22)(H,19,21). The molecule has 0 fully saturated rings. The van der Waals surface area contributed by atoms with Crippen molar-refractivity contribution in [2.45, 2.75) is 17.2 Å². The second-order valence-corrected chi connectivity index (χ2v) is 7.43. The highest BCUT2D eigenvalue weighted by Gasteiger charge is 2.16. The monoisotopic (exact) mass is 383 g/mol. The first-order valence-electron chi connectivity index (χ1n) is 7.39. The first kappa shape index (κ1) is 18.8. The lowest BCUT2D eigenvalue weighted by molar-refractivity contribution is -0.118. The van der Waals surface area contributed by atoms with Gasteiger partial charge >= 0.3 is 0 Å². The van der Waals surface area contributed by atoms with Gasteiger partial charge in [0.1, 0.15) is 10.7 Å². The number of carbonyl (C=O) groups is 2. The van der Waals surface area contributed by atoms with Gasteiger partial charge in [0.05, 0.1) is 5.75 Å². The summed E-state index contributed by atoms with van der Waals surface area (Å²) >= 11 is 8.36. The van der Waals surface area contributed by atoms with E-state index in [4.69, 9.17) is 11.6 Å². The highest BCUT2D eigenvalue weighted by atomic mass is 35.5. The normalized spacial score (nSPS) is 10.4. The Balaban J connectivity index is 2.20. The lowest BCUT2D eigenvalue weighted by atomic mass is 10.2. The number of halogens is 1. The van der Waals surface area contributed by atoms with E-state index in [-0.39, 0.29) is 17.6 Å². The summed E-state index contributed by atoms with van der Waals surface area (Å²) in [6.07, 6.45) is 1.00. The number of aromatic nitrogens is 1. The Kier molecular flexibility index (Phi) is 7.55. The molecule has 0 bridgehead atoms. The van der Waals surface area contributed by atoms with E-state index in [1.54, 1.807) is 7.05 Å². The zero-order chi connectivity index (χ0) is 17.4. The van der Waals surface area contributed by atoms with Crippen molar-refractivity contribution in [1.82, 2.24) is 10.3 Å². The molecule has 1 heterocycles. The van der Waals surface area contributed by atoms with Gasteiger partial charge < -0.3 is 10.6 Å². The number of anilines is 1. The average molecular weight is 384 g/mol. The van der Waals surface area contributed by atoms with Crippen molar-refractivity contribution in [3.63, 3.8) is 0 Å². The predicted octanol–water partition coefficient (Wildman–Crippen LogP) is 3.61. The molecule has 2 rings (SSSR count). The van der Waals surface area contributed by atoms with Gasteiger partial charge in [-0.05, 0) is 6.42 Å². The van der Waals surface area contributed by atoms with Crippen molar-refractivity contribution in [1.29, 1.82) is 0 Å². The molecule has 8 heteroatoms. The lowest BCUT2D eigenvalue weighted by Gasteiger charge is -2.04. The van der Waals surface area contributed by atoms with Crippen molar-refractivity contribution < 1.29 is 9.59 Å². The quantitative estimate of drug-likeness (QED) is 0.539. The SMILES string of the molecule is CNC(=O)CSc1nc(-c2ccccc2)c(NC(=O)CCCCl)s1. The van der Waals surface area contributed by atoms with Crippen LogP contribution in [0.2, 0.25) is 0 Å². The van der Waals surface area contributed by atoms with E-state index in [9.17, 15) is 9.59 Å². The van der Waals surface area contributed by atoms with Gasteiger partial charge in [0, 0.05) is 24.9 Å². The summed E-state index contributed by atoms with van der Waals surface area (Å²) < 4.78 is 0.741. The Labute approximate surface area is 154 Å². The van der Waals surface area contributed by atoms with Crippen LogP contribution in [0.4, 0.5) is 5.00 Å². The van der Waals surface area contributed by atoms with Gasteiger partial charge in [-0.1, -0.05) is 53.4 Å². The van der Waals surface area contributed by atoms with Gasteiger partial charge in [-0.3, -0.25) is 9.59 Å². The van der Waals surface area contributed by atoms with Gasteiger partial charge in [-0.15, -0.1) is 11.6 Å². The Morgan fingerprint density at radius 1 is 1.25 bits per heavy atom. The third-order valence-electron chi connectivity index (χ3n) is 3.05. The molecule has 0 atom stereocenters. The van der Waals surface area contributed by atoms with E-state index < -0.39 is 0 Å². The van der Waals surface area contributed by atoms with Crippen LogP contribution in [-0.4, -0.2) is 35.5 Å². The van der Waals surface area contributed by atoms with Crippen LogP contribution in [0.15, 0.2) is 34.7 Å². The molecular formula is C16H18ClN3O2S2. The van der Waals surface area contributed by atoms with Crippen LogP contribution in [0.5, 0.6) is 0 Å². The molecule has 128 valence electrons. The molecule has 0 saturated carbocycles. The van der Waals surface area contributed by atoms with E-state index in [1.807, 2.05) is 30.3 Å². The first-order valence-corrected chi connectivity index (χ1v) is 9.73. The van der Waals surface area contributed by atoms with Crippen LogP contribution >= 0.6 is 34.7 Å². The number of benzene rings is 1. The summed E-state index contributed by atoms with van der Waals surface area (Å²) in [6, 6.07) is 9.65. The van der Waals surface area contributed by atoms with Crippen molar-refractivity contribution in [2.75, 3.05) is 24.0 Å². The fraction of sp³-hybridized carbons (Fsp3) is 0.312. The Morgan fingerprint density at radius 3 is 2.67 bits per heavy atom. The summed E-state index contributed by atoms with van der Waals surface area (Å²) in [7, 11) is 1.60. The van der Waals surface area contributed by atoms with Gasteiger partial charge in [-0.25, -0.2) is 4.98 Å². The lowest BCUT2D eigenvalue weighted by Crippen LogP contribution is -2.19. The molecule has 2 N–H and O–H groups in total. The van der Waals surface area contributed by atoms with Crippen LogP contribution in [0, 0.1) is 0 Å². The largest absolute Gasteiger partial charge is 0.358 e. The number of nitrogens with one attached hydrogen (secondary N) is 2. The molecule has 0 unspecified atom stereocenters. The molecule has 0 aliphatic heterocycles. The zero-order valence-corrected chi connectivity index (χ0v) is 15.6. The Morgan fingerprint density at radius 2 is 2.00 bits per heavy atom. The van der Waals surface area contributed by atoms with Gasteiger partial charge in [0.25, 0.3) is 0 Å². The number of hydrogen-bond donors (Lipinski definition) is 2. The van der Waals surface area contributed by atoms with E-state index in [0.717, 1.165) is 15.6 Å². The summed E-state index contributed by atoms with van der Waals surface area (Å²) in [5.74, 6) is 0.593. The number of thiazole rings is 1. The minimum atomic E-state index is -0.0840. The minimum absolute atomic E-state index is 0.0656. The molecule has 2 amide bonds. The summed E-state index contributed by atoms with van der Waals surface area (Å²) in [6.45, 7) is 0. The van der Waals surface area contributed by atoms with E-state index in [1.165, 1.54) is 23.1 Å². The summed E-state index contributed by atoms with van der Waals surface area (Å²) in [4.78, 5) is 28.0. The van der Waals surface area contributed by atoms with Gasteiger partial charge in [0.15, 0.2) is 4.34 Å². The maximum absolute atomic E-state index is 12.0. The number of amides is 2. The van der Waals surface area contributed by atoms with E-state index in [0.29, 0.717) is 23.7 Å². The molecule has 0 aliphatic rings. The van der Waals surface area contributed by atoms with Crippen LogP contribution in [-0.2, 0) is 9.59 Å². The molecule has 1 aromatic carbocycles. The van der Waals surface area contributed by atoms with Crippen molar-refractivity contribution in [3.05, 3.63) is 30.3 Å². The van der Waals surface area contributed by atoms with E-state index in [2.05, 4.69) is 15.6 Å². The molecular weight excluding hydrogens is 366 g/mol. The number of rotatable bonds is 8. The number of hydrogen-bond acceptors (Lipinski definition) is 5. The molecule has 5 nitrogen and oxygen atoms in total. The predicted molar refractivity (Wildman–Crippen MR) is 101 cm³/mol. The molecule has 0 aliphatic carbocycles. The summed E-state index contributed by atoms with van der Waals surface area (Å²) in [5.41, 5.74) is 1.65. The second kappa shape index (κ2) is 9.66. The van der Waals surface area contributed by atoms with E-state index >= 15 is 0 Å². The van der Waals surface area contributed by atoms with Crippen molar-refractivity contribution >= 4 is 51.5 Å². The van der Waals surface area contributed by atoms with Crippen LogP contribution in [0.3, 0.4) is 0 Å². The van der Waals surface area contributed by atoms with Crippen molar-refractivity contribution in [2.24, 2.45) is 0 Å². The number of nitrogens with zero attached hydrogens (tertiary/aromatic N) is 1. The molecule has 0 spiro atoms. The second-order valence-electron chi connectivity index (χ2n) is 4.83. The minimum Gasteiger partial charge on any atom is -0.358 e. The van der Waals surface area contributed by atoms with Crippen molar-refractivity contribution in [3.8, 4) is 11.3 Å². The molecule has 2 aromatic rings. The topological polar surface area (TPSA) is 71.1 Å². The fourth-order valence-electron chi connectivity index (χ4n) is 1.85. The highest BCUT2D eigenvalue weighted by Crippen LogP contribution is 2.37. The molecule has 24 heavy (non-hydrogen) atoms. The Bertz CT molecular complexity index is 692. The zero-order valence-electron chi connectivity index (χ0n) is 13.2. The third kappa shape index (κ3) is 5.51. The van der Waals surface area contributed by atoms with Crippen LogP contribution in [0.25, 0.3) is 11.3 Å². The fourth-order valence-corrected chi connectivity index (χ4v) is 3.94. The maximum atomic E-state index is 12.0. The van der Waals surface area contributed by atoms with Gasteiger partial charge in [-0.2, -0.15) is 0 Å². The first-order chi connectivity index (χ1) is 11.6. The highest BCUT2D eigenvalue weighted by molar-refractivity contribution is 8.01. The number of carbonyl (C=O) groups excluding carboxylic acids is 2. The van der Waals surface area contributed by atoms with Crippen LogP contribution in [0.1, 0.15) is 12.8 Å². The third-order valence-corrected chi connectivity index (χ3v) is 5.43. The smallest absolute Gasteiger partial charge is 0.230 e. The molecule has 1 aromatic heterocycles.